The molecule has 0 aromatic rings. The molecule has 1 saturated heterocycles. The summed E-state index contributed by atoms with van der Waals surface area (Å²) in [7, 11) is 1.37. The van der Waals surface area contributed by atoms with Gasteiger partial charge in [0.25, 0.3) is 0 Å². The van der Waals surface area contributed by atoms with Gasteiger partial charge in [0.15, 0.2) is 0 Å². The summed E-state index contributed by atoms with van der Waals surface area (Å²) >= 11 is 0. The molecule has 0 spiro atoms. The molecule has 1 amide bonds. The second-order valence-corrected chi connectivity index (χ2v) is 5.63. The summed E-state index contributed by atoms with van der Waals surface area (Å²) in [5.41, 5.74) is 0. The number of methoxy groups -OCH3 is 1. The lowest BCUT2D eigenvalue weighted by molar-refractivity contribution is -0.144. The molecule has 2 unspecified atom stereocenters. The second kappa shape index (κ2) is 6.92. The van der Waals surface area contributed by atoms with Gasteiger partial charge in [-0.15, -0.1) is 0 Å². The fraction of sp³-hybridized carbons (Fsp3) is 0.857. The highest BCUT2D eigenvalue weighted by molar-refractivity contribution is 5.70. The number of piperidine rings is 1. The molecular weight excluding hydrogens is 260 g/mol. The van der Waals surface area contributed by atoms with Crippen molar-refractivity contribution >= 4 is 12.1 Å². The fourth-order valence-corrected chi connectivity index (χ4v) is 2.91. The van der Waals surface area contributed by atoms with Crippen molar-refractivity contribution in [2.24, 2.45) is 5.92 Å². The van der Waals surface area contributed by atoms with Crippen molar-refractivity contribution in [3.05, 3.63) is 0 Å². The lowest BCUT2D eigenvalue weighted by Crippen LogP contribution is -2.51. The van der Waals surface area contributed by atoms with Gasteiger partial charge in [0.1, 0.15) is 0 Å². The van der Waals surface area contributed by atoms with Crippen LogP contribution >= 0.6 is 0 Å². The number of amides is 1. The minimum absolute atomic E-state index is 0.0521. The number of likely N-dealkylation sites (tertiary alicyclic amines) is 1. The number of esters is 1. The Balaban J connectivity index is 1.89. The van der Waals surface area contributed by atoms with Crippen LogP contribution in [0.4, 0.5) is 4.79 Å². The molecule has 114 valence electrons. The van der Waals surface area contributed by atoms with Gasteiger partial charge < -0.3 is 14.8 Å². The van der Waals surface area contributed by atoms with Gasteiger partial charge >= 0.3 is 12.1 Å². The number of hydrogen-bond donors (Lipinski definition) is 1. The highest BCUT2D eigenvalue weighted by atomic mass is 16.5. The molecule has 20 heavy (non-hydrogen) atoms. The average Bonchev–Trinajstić information content (AvgIpc) is 3.22. The van der Waals surface area contributed by atoms with E-state index in [1.54, 1.807) is 0 Å². The number of carbonyl (C=O) groups is 2. The largest absolute Gasteiger partial charge is 0.466 e. The van der Waals surface area contributed by atoms with Crippen molar-refractivity contribution in [1.82, 2.24) is 10.2 Å². The van der Waals surface area contributed by atoms with E-state index in [9.17, 15) is 9.59 Å². The number of nitrogens with zero attached hydrogens (tertiary/aromatic N) is 1. The Morgan fingerprint density at radius 1 is 1.30 bits per heavy atom. The van der Waals surface area contributed by atoms with Crippen LogP contribution in [0.25, 0.3) is 0 Å². The van der Waals surface area contributed by atoms with Gasteiger partial charge in [-0.2, -0.15) is 0 Å². The summed E-state index contributed by atoms with van der Waals surface area (Å²) in [6.07, 6.45) is 3.27. The smallest absolute Gasteiger partial charge is 0.407 e. The maximum Gasteiger partial charge on any atom is 0.407 e. The molecule has 1 heterocycles. The first-order valence-corrected chi connectivity index (χ1v) is 7.36. The molecule has 6 heteroatoms. The van der Waals surface area contributed by atoms with Crippen LogP contribution in [0, 0.1) is 5.92 Å². The topological polar surface area (TPSA) is 67.9 Å². The highest BCUT2D eigenvalue weighted by Gasteiger charge is 2.37. The van der Waals surface area contributed by atoms with Crippen molar-refractivity contribution in [2.75, 3.05) is 26.8 Å². The lowest BCUT2D eigenvalue weighted by Gasteiger charge is -2.37. The Morgan fingerprint density at radius 2 is 2.05 bits per heavy atom. The Morgan fingerprint density at radius 3 is 2.65 bits per heavy atom. The predicted octanol–water partition coefficient (Wildman–Crippen LogP) is 1.15. The van der Waals surface area contributed by atoms with E-state index in [0.29, 0.717) is 19.1 Å². The third-order valence-corrected chi connectivity index (χ3v) is 3.90. The van der Waals surface area contributed by atoms with E-state index in [-0.39, 0.29) is 17.9 Å². The molecule has 1 aliphatic carbocycles. The van der Waals surface area contributed by atoms with Crippen LogP contribution in [0.1, 0.15) is 32.6 Å². The average molecular weight is 284 g/mol. The molecule has 2 aliphatic rings. The van der Waals surface area contributed by atoms with Crippen molar-refractivity contribution in [2.45, 2.75) is 44.7 Å². The van der Waals surface area contributed by atoms with E-state index >= 15 is 0 Å². The highest BCUT2D eigenvalue weighted by Crippen LogP contribution is 2.32. The number of nitrogens with one attached hydrogen (secondary N) is 1. The zero-order valence-corrected chi connectivity index (χ0v) is 12.3. The van der Waals surface area contributed by atoms with Gasteiger partial charge in [0.2, 0.25) is 0 Å². The number of alkyl carbamates (subject to hydrolysis) is 1. The van der Waals surface area contributed by atoms with Crippen LogP contribution in [0.2, 0.25) is 0 Å². The summed E-state index contributed by atoms with van der Waals surface area (Å²) in [6, 6.07) is 0.679. The summed E-state index contributed by atoms with van der Waals surface area (Å²) < 4.78 is 9.68. The van der Waals surface area contributed by atoms with E-state index in [2.05, 4.69) is 15.0 Å². The standard InChI is InChI=1S/C14H24N2O4/c1-3-20-13(17)7-10-6-11(15-14(18)19-2)9-16(8-10)12-4-5-12/h10-12H,3-9H2,1-2H3,(H,15,18). The molecule has 1 aliphatic heterocycles. The first kappa shape index (κ1) is 15.1. The normalized spacial score (nSPS) is 26.9. The van der Waals surface area contributed by atoms with E-state index in [1.807, 2.05) is 6.92 Å². The Labute approximate surface area is 119 Å². The van der Waals surface area contributed by atoms with Gasteiger partial charge in [0, 0.05) is 31.6 Å². The van der Waals surface area contributed by atoms with Crippen molar-refractivity contribution in [3.8, 4) is 0 Å². The molecule has 0 aromatic carbocycles. The van der Waals surface area contributed by atoms with Crippen LogP contribution in [0.15, 0.2) is 0 Å². The number of ether oxygens (including phenoxy) is 2. The minimum atomic E-state index is -0.400. The zero-order valence-electron chi connectivity index (χ0n) is 12.3. The molecule has 0 bridgehead atoms. The first-order chi connectivity index (χ1) is 9.62. The lowest BCUT2D eigenvalue weighted by atomic mass is 9.91. The van der Waals surface area contributed by atoms with Crippen LogP contribution in [0.5, 0.6) is 0 Å². The van der Waals surface area contributed by atoms with Crippen LogP contribution in [-0.4, -0.2) is 55.9 Å². The minimum Gasteiger partial charge on any atom is -0.466 e. The van der Waals surface area contributed by atoms with Crippen LogP contribution in [-0.2, 0) is 14.3 Å². The summed E-state index contributed by atoms with van der Waals surface area (Å²) in [4.78, 5) is 25.4. The van der Waals surface area contributed by atoms with E-state index in [0.717, 1.165) is 19.5 Å². The van der Waals surface area contributed by atoms with E-state index in [4.69, 9.17) is 4.74 Å². The van der Waals surface area contributed by atoms with Gasteiger partial charge in [-0.05, 0) is 32.1 Å². The number of carbonyl (C=O) groups excluding carboxylic acids is 2. The second-order valence-electron chi connectivity index (χ2n) is 5.63. The van der Waals surface area contributed by atoms with Gasteiger partial charge in [-0.3, -0.25) is 9.69 Å². The summed E-state index contributed by atoms with van der Waals surface area (Å²) in [5, 5.41) is 2.86. The predicted molar refractivity (Wildman–Crippen MR) is 73.3 cm³/mol. The third kappa shape index (κ3) is 4.37. The van der Waals surface area contributed by atoms with Gasteiger partial charge in [-0.25, -0.2) is 4.79 Å². The fourth-order valence-electron chi connectivity index (χ4n) is 2.91. The summed E-state index contributed by atoms with van der Waals surface area (Å²) in [5.74, 6) is 0.0949. The molecule has 0 aromatic heterocycles. The van der Waals surface area contributed by atoms with Crippen LogP contribution in [0.3, 0.4) is 0 Å². The molecule has 2 fully saturated rings. The zero-order chi connectivity index (χ0) is 14.5. The SMILES string of the molecule is CCOC(=O)CC1CC(NC(=O)OC)CN(C2CC2)C1. The van der Waals surface area contributed by atoms with E-state index < -0.39 is 6.09 Å². The van der Waals surface area contributed by atoms with Crippen molar-refractivity contribution < 1.29 is 19.1 Å². The Hall–Kier alpha value is -1.30. The Kier molecular flexibility index (Phi) is 5.23. The number of hydrogen-bond acceptors (Lipinski definition) is 5. The molecule has 0 radical (unpaired) electrons. The summed E-state index contributed by atoms with van der Waals surface area (Å²) in [6.45, 7) is 4.00. The molecule has 2 atom stereocenters. The number of rotatable bonds is 5. The maximum atomic E-state index is 11.6. The molecular formula is C14H24N2O4. The third-order valence-electron chi connectivity index (χ3n) is 3.90. The Bertz CT molecular complexity index is 357. The maximum absolute atomic E-state index is 11.6. The quantitative estimate of drug-likeness (QED) is 0.767. The first-order valence-electron chi connectivity index (χ1n) is 7.36. The molecule has 1 saturated carbocycles. The molecule has 1 N–H and O–H groups in total. The van der Waals surface area contributed by atoms with E-state index in [1.165, 1.54) is 20.0 Å². The molecule has 6 nitrogen and oxygen atoms in total. The molecule has 2 rings (SSSR count). The van der Waals surface area contributed by atoms with Crippen molar-refractivity contribution in [1.29, 1.82) is 0 Å². The van der Waals surface area contributed by atoms with Gasteiger partial charge in [-0.1, -0.05) is 0 Å². The van der Waals surface area contributed by atoms with Gasteiger partial charge in [0.05, 0.1) is 13.7 Å². The monoisotopic (exact) mass is 284 g/mol. The van der Waals surface area contributed by atoms with Crippen molar-refractivity contribution in [3.63, 3.8) is 0 Å². The van der Waals surface area contributed by atoms with Crippen LogP contribution < -0.4 is 5.32 Å².